The fraction of sp³-hybridized carbons (Fsp3) is 0.465. The normalized spacial score (nSPS) is 24.2. The number of nitrogens with one attached hydrogen (secondary N) is 1. The van der Waals surface area contributed by atoms with Gasteiger partial charge in [-0.05, 0) is 93.3 Å². The summed E-state index contributed by atoms with van der Waals surface area (Å²) < 4.78 is 6.18. The van der Waals surface area contributed by atoms with Crippen molar-refractivity contribution in [1.82, 2.24) is 25.0 Å². The van der Waals surface area contributed by atoms with E-state index in [2.05, 4.69) is 24.9 Å². The smallest absolute Gasteiger partial charge is 0.262 e. The summed E-state index contributed by atoms with van der Waals surface area (Å²) in [6.45, 7) is 14.0. The maximum Gasteiger partial charge on any atom is 0.262 e. The largest absolute Gasteiger partial charge is 0.490 e. The molecule has 1 unspecified atom stereocenters. The van der Waals surface area contributed by atoms with Crippen molar-refractivity contribution in [1.29, 1.82) is 0 Å². The van der Waals surface area contributed by atoms with Crippen molar-refractivity contribution < 1.29 is 28.7 Å². The average Bonchev–Trinajstić information content (AvgIpc) is 3.69. The van der Waals surface area contributed by atoms with E-state index in [0.29, 0.717) is 45.6 Å². The van der Waals surface area contributed by atoms with Crippen LogP contribution in [0.25, 0.3) is 4.85 Å². The molecule has 6 heterocycles. The highest BCUT2D eigenvalue weighted by Gasteiger charge is 2.45. The van der Waals surface area contributed by atoms with Gasteiger partial charge < -0.3 is 19.4 Å². The van der Waals surface area contributed by atoms with Crippen LogP contribution in [0.1, 0.15) is 88.1 Å². The molecule has 2 aromatic carbocycles. The Labute approximate surface area is 341 Å². The molecule has 3 saturated heterocycles. The molecule has 5 aliphatic heterocycles. The van der Waals surface area contributed by atoms with Crippen LogP contribution in [0.15, 0.2) is 48.5 Å². The highest BCUT2D eigenvalue weighted by Crippen LogP contribution is 2.36. The number of carbonyl (C=O) groups excluding carboxylic acids is 5. The van der Waals surface area contributed by atoms with Crippen molar-refractivity contribution in [3.05, 3.63) is 87.4 Å². The molecule has 0 bridgehead atoms. The van der Waals surface area contributed by atoms with Crippen molar-refractivity contribution in [3.63, 3.8) is 0 Å². The van der Waals surface area contributed by atoms with E-state index >= 15 is 0 Å². The Morgan fingerprint density at radius 3 is 2.24 bits per heavy atom. The van der Waals surface area contributed by atoms with Gasteiger partial charge in [-0.3, -0.25) is 39.1 Å². The van der Waals surface area contributed by atoms with Crippen LogP contribution in [0, 0.1) is 12.5 Å². The molecule has 6 aliphatic rings. The summed E-state index contributed by atoms with van der Waals surface area (Å²) in [5.74, 6) is 0.275. The van der Waals surface area contributed by atoms with Gasteiger partial charge in [0.05, 0.1) is 46.6 Å². The second-order valence-corrected chi connectivity index (χ2v) is 16.7. The van der Waals surface area contributed by atoms with Crippen LogP contribution in [0.3, 0.4) is 0 Å². The van der Waals surface area contributed by atoms with Crippen molar-refractivity contribution in [2.24, 2.45) is 5.92 Å². The van der Waals surface area contributed by atoms with Gasteiger partial charge in [-0.2, -0.15) is 0 Å². The Hall–Kier alpha value is -5.52. The minimum absolute atomic E-state index is 0.0453. The van der Waals surface area contributed by atoms with Gasteiger partial charge in [-0.1, -0.05) is 17.7 Å². The molecule has 5 amide bonds. The van der Waals surface area contributed by atoms with Gasteiger partial charge in [0.2, 0.25) is 17.5 Å². The fourth-order valence-corrected chi connectivity index (χ4v) is 9.75. The number of hydrogen-bond acceptors (Lipinski definition) is 10. The van der Waals surface area contributed by atoms with E-state index in [-0.39, 0.29) is 30.9 Å². The molecule has 1 aliphatic carbocycles. The summed E-state index contributed by atoms with van der Waals surface area (Å²) >= 11 is 6.20. The number of carbonyl (C=O) groups is 5. The summed E-state index contributed by atoms with van der Waals surface area (Å²) in [7, 11) is 0. The van der Waals surface area contributed by atoms with Gasteiger partial charge >= 0.3 is 0 Å². The molecule has 1 N–H and O–H groups in total. The van der Waals surface area contributed by atoms with Crippen LogP contribution in [0.4, 0.5) is 17.2 Å². The van der Waals surface area contributed by atoms with Crippen LogP contribution < -0.4 is 19.9 Å². The third-order valence-electron chi connectivity index (χ3n) is 12.8. The lowest BCUT2D eigenvalue weighted by atomic mass is 9.92. The quantitative estimate of drug-likeness (QED) is 0.243. The van der Waals surface area contributed by atoms with Gasteiger partial charge in [0.25, 0.3) is 17.7 Å². The first kappa shape index (κ1) is 38.0. The van der Waals surface area contributed by atoms with Gasteiger partial charge in [0.15, 0.2) is 0 Å². The summed E-state index contributed by atoms with van der Waals surface area (Å²) in [5, 5.41) is 2.64. The lowest BCUT2D eigenvalue weighted by Gasteiger charge is -2.40. The van der Waals surface area contributed by atoms with Crippen molar-refractivity contribution in [2.45, 2.75) is 76.1 Å². The third kappa shape index (κ3) is 7.26. The first-order valence-electron chi connectivity index (χ1n) is 20.4. The van der Waals surface area contributed by atoms with E-state index in [0.717, 1.165) is 106 Å². The fourth-order valence-electron chi connectivity index (χ4n) is 9.54. The van der Waals surface area contributed by atoms with Gasteiger partial charge in [0, 0.05) is 64.0 Å². The Morgan fingerprint density at radius 2 is 1.52 bits per heavy atom. The van der Waals surface area contributed by atoms with E-state index in [1.807, 2.05) is 23.1 Å². The Balaban J connectivity index is 0.730. The minimum atomic E-state index is -0.973. The lowest BCUT2D eigenvalue weighted by Crippen LogP contribution is -2.54. The summed E-state index contributed by atoms with van der Waals surface area (Å²) in [6, 6.07) is 13.6. The molecular formula is C43H45ClN8O6. The van der Waals surface area contributed by atoms with Crippen LogP contribution in [0.2, 0.25) is 5.02 Å². The van der Waals surface area contributed by atoms with E-state index in [4.69, 9.17) is 27.9 Å². The molecular weight excluding hydrogens is 760 g/mol. The standard InChI is InChI=1S/C43H45ClN8O6/c1-45-35-10-7-30(23-34(35)44)58-29-5-2-27(3-6-29)51-25-36-32(41(51)55)9-12-38(46-36)50-16-14-26(15-17-50)24-48-18-20-49(21-19-48)28-4-8-31-33(22-28)43(57)52(42(31)56)37-11-13-39(53)47-40(37)54/h4,7-10,12,22-23,26-27,29,37H,2-3,5-6,11,13-21,24-25H2,(H,47,53,54). The summed E-state index contributed by atoms with van der Waals surface area (Å²) in [4.78, 5) is 82.6. The number of anilines is 2. The van der Waals surface area contributed by atoms with Crippen LogP contribution in [-0.2, 0) is 16.1 Å². The monoisotopic (exact) mass is 804 g/mol. The van der Waals surface area contributed by atoms with Crippen molar-refractivity contribution in [2.75, 3.05) is 55.6 Å². The summed E-state index contributed by atoms with van der Waals surface area (Å²) in [5.41, 5.74) is 3.47. The number of nitrogens with zero attached hydrogens (tertiary/aromatic N) is 7. The first-order chi connectivity index (χ1) is 28.1. The van der Waals surface area contributed by atoms with E-state index in [9.17, 15) is 24.0 Å². The number of amides is 5. The van der Waals surface area contributed by atoms with Crippen LogP contribution in [-0.4, -0.2) is 113 Å². The number of imide groups is 2. The maximum atomic E-state index is 13.5. The second kappa shape index (κ2) is 15.7. The molecule has 1 aromatic heterocycles. The average molecular weight is 805 g/mol. The predicted octanol–water partition coefficient (Wildman–Crippen LogP) is 5.07. The molecule has 1 saturated carbocycles. The minimum Gasteiger partial charge on any atom is -0.490 e. The number of pyridine rings is 1. The molecule has 0 radical (unpaired) electrons. The van der Waals surface area contributed by atoms with E-state index in [1.54, 1.807) is 30.3 Å². The highest BCUT2D eigenvalue weighted by atomic mass is 35.5. The third-order valence-corrected chi connectivity index (χ3v) is 13.1. The number of benzene rings is 2. The van der Waals surface area contributed by atoms with Gasteiger partial charge in [0.1, 0.15) is 17.6 Å². The Bertz CT molecular complexity index is 2220. The number of piperidine rings is 2. The first-order valence-corrected chi connectivity index (χ1v) is 20.7. The number of ether oxygens (including phenoxy) is 1. The van der Waals surface area contributed by atoms with E-state index < -0.39 is 29.7 Å². The molecule has 1 atom stereocenters. The Kier molecular flexibility index (Phi) is 10.3. The number of rotatable bonds is 8. The highest BCUT2D eigenvalue weighted by molar-refractivity contribution is 6.33. The number of hydrogen-bond donors (Lipinski definition) is 1. The molecule has 4 fully saturated rings. The summed E-state index contributed by atoms with van der Waals surface area (Å²) in [6.07, 6.45) is 5.80. The zero-order valence-corrected chi connectivity index (χ0v) is 33.0. The molecule has 0 spiro atoms. The SMILES string of the molecule is [C-]#[N+]c1ccc(OC2CCC(N3Cc4nc(N5CCC(CN6CCN(c7ccc8c(c7)C(=O)N(C7CCC(=O)NC7=O)C8=O)CC6)CC5)ccc4C3=O)CC2)cc1Cl. The molecule has 3 aromatic rings. The molecule has 15 heteroatoms. The van der Waals surface area contributed by atoms with Gasteiger partial charge in [-0.15, -0.1) is 0 Å². The second-order valence-electron chi connectivity index (χ2n) is 16.3. The molecule has 9 rings (SSSR count). The van der Waals surface area contributed by atoms with Crippen LogP contribution in [0.5, 0.6) is 5.75 Å². The molecule has 58 heavy (non-hydrogen) atoms. The van der Waals surface area contributed by atoms with Crippen molar-refractivity contribution >= 4 is 58.3 Å². The topological polar surface area (TPSA) is 140 Å². The number of fused-ring (bicyclic) bond motifs is 2. The van der Waals surface area contributed by atoms with Crippen molar-refractivity contribution in [3.8, 4) is 5.75 Å². The lowest BCUT2D eigenvalue weighted by molar-refractivity contribution is -0.136. The van der Waals surface area contributed by atoms with Crippen LogP contribution >= 0.6 is 11.6 Å². The number of aromatic nitrogens is 1. The molecule has 14 nitrogen and oxygen atoms in total. The van der Waals surface area contributed by atoms with E-state index in [1.165, 1.54) is 0 Å². The zero-order valence-electron chi connectivity index (χ0n) is 32.2. The van der Waals surface area contributed by atoms with Gasteiger partial charge in [-0.25, -0.2) is 9.83 Å². The maximum absolute atomic E-state index is 13.5. The number of piperazine rings is 1. The Morgan fingerprint density at radius 1 is 0.776 bits per heavy atom. The zero-order chi connectivity index (χ0) is 40.1. The predicted molar refractivity (Wildman–Crippen MR) is 215 cm³/mol. The molecule has 300 valence electrons. The number of halogens is 1.